The van der Waals surface area contributed by atoms with Crippen LogP contribution in [0.1, 0.15) is 24.5 Å². The molecule has 2 fully saturated rings. The fourth-order valence-electron chi connectivity index (χ4n) is 4.27. The predicted molar refractivity (Wildman–Crippen MR) is 123 cm³/mol. The van der Waals surface area contributed by atoms with Gasteiger partial charge in [-0.15, -0.1) is 0 Å². The molecule has 33 heavy (non-hydrogen) atoms. The molecule has 0 aliphatic carbocycles. The van der Waals surface area contributed by atoms with Gasteiger partial charge in [0.2, 0.25) is 5.91 Å². The lowest BCUT2D eigenvalue weighted by molar-refractivity contribution is -0.140. The number of rotatable bonds is 6. The lowest BCUT2D eigenvalue weighted by Crippen LogP contribution is -2.48. The van der Waals surface area contributed by atoms with E-state index >= 15 is 0 Å². The minimum absolute atomic E-state index is 0.00794. The van der Waals surface area contributed by atoms with Gasteiger partial charge in [-0.2, -0.15) is 0 Å². The molecule has 2 heterocycles. The number of hydrogen-bond donors (Lipinski definition) is 1. The zero-order valence-electron chi connectivity index (χ0n) is 18.0. The predicted octanol–water partition coefficient (Wildman–Crippen LogP) is 2.32. The summed E-state index contributed by atoms with van der Waals surface area (Å²) in [5.74, 6) is -1.16. The highest BCUT2D eigenvalue weighted by molar-refractivity contribution is 7.91. The molecule has 2 aliphatic heterocycles. The topological polar surface area (TPSA) is 104 Å². The smallest absolute Gasteiger partial charge is 0.325 e. The maximum Gasteiger partial charge on any atom is 0.325 e. The first kappa shape index (κ1) is 23.3. The fraction of sp³-hybridized carbons (Fsp3) is 0.348. The Morgan fingerprint density at radius 3 is 2.42 bits per heavy atom. The van der Waals surface area contributed by atoms with Crippen molar-refractivity contribution in [2.45, 2.75) is 31.5 Å². The van der Waals surface area contributed by atoms with Crippen LogP contribution in [0.2, 0.25) is 5.02 Å². The highest BCUT2D eigenvalue weighted by atomic mass is 35.5. The molecule has 0 radical (unpaired) electrons. The van der Waals surface area contributed by atoms with Gasteiger partial charge in [0.25, 0.3) is 5.91 Å². The molecule has 4 amide bonds. The lowest BCUT2D eigenvalue weighted by Gasteiger charge is -2.30. The number of urea groups is 1. The highest BCUT2D eigenvalue weighted by Crippen LogP contribution is 2.30. The number of hydrogen-bond acceptors (Lipinski definition) is 5. The second-order valence-electron chi connectivity index (χ2n) is 8.52. The molecule has 0 aromatic heterocycles. The van der Waals surface area contributed by atoms with E-state index in [1.807, 2.05) is 30.3 Å². The molecule has 174 valence electrons. The Hall–Kier alpha value is -2.91. The van der Waals surface area contributed by atoms with Crippen LogP contribution < -0.4 is 5.32 Å². The van der Waals surface area contributed by atoms with Gasteiger partial charge in [-0.3, -0.25) is 14.5 Å². The van der Waals surface area contributed by atoms with Crippen molar-refractivity contribution >= 4 is 39.3 Å². The molecule has 2 unspecified atom stereocenters. The maximum atomic E-state index is 13.3. The van der Waals surface area contributed by atoms with Crippen LogP contribution in [-0.4, -0.2) is 60.2 Å². The Morgan fingerprint density at radius 1 is 1.15 bits per heavy atom. The van der Waals surface area contributed by atoms with E-state index in [2.05, 4.69) is 5.32 Å². The summed E-state index contributed by atoms with van der Waals surface area (Å²) in [6, 6.07) is 14.6. The highest BCUT2D eigenvalue weighted by Gasteiger charge is 2.50. The standard InChI is InChI=1S/C23H24ClN3O5S/c1-23(17-7-9-18(24)10-8-17)21(29)27(22(30)25-23)14-20(28)26(13-16-5-3-2-4-6-16)19-11-12-33(31,32)15-19/h2-10,19H,11-15H2,1H3,(H,25,30). The van der Waals surface area contributed by atoms with Gasteiger partial charge in [-0.1, -0.05) is 54.1 Å². The SMILES string of the molecule is CC1(c2ccc(Cl)cc2)NC(=O)N(CC(=O)N(Cc2ccccc2)C2CCS(=O)(=O)C2)C1=O. The number of nitrogens with zero attached hydrogens (tertiary/aromatic N) is 2. The summed E-state index contributed by atoms with van der Waals surface area (Å²) in [5.41, 5.74) is 0.0460. The molecule has 8 nitrogen and oxygen atoms in total. The van der Waals surface area contributed by atoms with Gasteiger partial charge in [-0.05, 0) is 36.6 Å². The maximum absolute atomic E-state index is 13.3. The monoisotopic (exact) mass is 489 g/mol. The Bertz CT molecular complexity index is 1190. The van der Waals surface area contributed by atoms with Crippen LogP contribution in [0.15, 0.2) is 54.6 Å². The van der Waals surface area contributed by atoms with Crippen LogP contribution in [0, 0.1) is 0 Å². The van der Waals surface area contributed by atoms with Crippen molar-refractivity contribution in [3.63, 3.8) is 0 Å². The molecule has 1 N–H and O–H groups in total. The minimum atomic E-state index is -3.24. The zero-order chi connectivity index (χ0) is 23.8. The Kier molecular flexibility index (Phi) is 6.20. The molecule has 0 saturated carbocycles. The number of halogens is 1. The molecule has 0 bridgehead atoms. The molecule has 4 rings (SSSR count). The average Bonchev–Trinajstić information content (AvgIpc) is 3.24. The number of carbonyl (C=O) groups excluding carboxylic acids is 3. The van der Waals surface area contributed by atoms with Crippen LogP contribution in [0.25, 0.3) is 0 Å². The van der Waals surface area contributed by atoms with Gasteiger partial charge in [-0.25, -0.2) is 13.2 Å². The fourth-order valence-corrected chi connectivity index (χ4v) is 6.12. The molecule has 2 atom stereocenters. The molecule has 2 aromatic rings. The van der Waals surface area contributed by atoms with E-state index in [0.717, 1.165) is 10.5 Å². The van der Waals surface area contributed by atoms with Crippen molar-refractivity contribution in [2.24, 2.45) is 0 Å². The zero-order valence-corrected chi connectivity index (χ0v) is 19.6. The second kappa shape index (κ2) is 8.79. The van der Waals surface area contributed by atoms with Gasteiger partial charge < -0.3 is 10.2 Å². The van der Waals surface area contributed by atoms with E-state index in [9.17, 15) is 22.8 Å². The third kappa shape index (κ3) is 4.74. The van der Waals surface area contributed by atoms with Crippen molar-refractivity contribution in [3.05, 3.63) is 70.7 Å². The first-order valence-electron chi connectivity index (χ1n) is 10.5. The van der Waals surface area contributed by atoms with Crippen molar-refractivity contribution < 1.29 is 22.8 Å². The van der Waals surface area contributed by atoms with Crippen LogP contribution >= 0.6 is 11.6 Å². The molecule has 2 aliphatic rings. The van der Waals surface area contributed by atoms with Crippen molar-refractivity contribution in [1.29, 1.82) is 0 Å². The van der Waals surface area contributed by atoms with E-state index in [0.29, 0.717) is 17.0 Å². The largest absolute Gasteiger partial charge is 0.333 e. The molecular formula is C23H24ClN3O5S. The van der Waals surface area contributed by atoms with E-state index in [1.54, 1.807) is 31.2 Å². The second-order valence-corrected chi connectivity index (χ2v) is 11.2. The first-order valence-corrected chi connectivity index (χ1v) is 12.7. The summed E-state index contributed by atoms with van der Waals surface area (Å²) in [5, 5.41) is 3.16. The van der Waals surface area contributed by atoms with Crippen molar-refractivity contribution in [3.8, 4) is 0 Å². The van der Waals surface area contributed by atoms with Gasteiger partial charge in [0, 0.05) is 17.6 Å². The van der Waals surface area contributed by atoms with E-state index < -0.39 is 45.8 Å². The molecule has 0 spiro atoms. The number of imide groups is 1. The Balaban J connectivity index is 1.56. The quantitative estimate of drug-likeness (QED) is 0.627. The minimum Gasteiger partial charge on any atom is -0.333 e. The van der Waals surface area contributed by atoms with Gasteiger partial charge in [0.1, 0.15) is 12.1 Å². The number of sulfone groups is 1. The van der Waals surface area contributed by atoms with Crippen molar-refractivity contribution in [1.82, 2.24) is 15.1 Å². The van der Waals surface area contributed by atoms with Gasteiger partial charge >= 0.3 is 6.03 Å². The third-order valence-electron chi connectivity index (χ3n) is 6.16. The summed E-state index contributed by atoms with van der Waals surface area (Å²) in [4.78, 5) is 41.6. The summed E-state index contributed by atoms with van der Waals surface area (Å²) < 4.78 is 24.1. The molecular weight excluding hydrogens is 466 g/mol. The number of benzene rings is 2. The van der Waals surface area contributed by atoms with Gasteiger partial charge in [0.05, 0.1) is 11.5 Å². The summed E-state index contributed by atoms with van der Waals surface area (Å²) in [6.45, 7) is 1.29. The first-order chi connectivity index (χ1) is 15.6. The molecule has 10 heteroatoms. The summed E-state index contributed by atoms with van der Waals surface area (Å²) in [6.07, 6.45) is 0.323. The Morgan fingerprint density at radius 2 is 1.82 bits per heavy atom. The van der Waals surface area contributed by atoms with E-state index in [1.165, 1.54) is 4.90 Å². The Labute approximate surface area is 197 Å². The molecule has 2 aromatic carbocycles. The van der Waals surface area contributed by atoms with E-state index in [4.69, 9.17) is 11.6 Å². The number of amides is 4. The third-order valence-corrected chi connectivity index (χ3v) is 8.16. The van der Waals surface area contributed by atoms with Crippen LogP contribution in [0.4, 0.5) is 4.79 Å². The van der Waals surface area contributed by atoms with Crippen LogP contribution in [0.5, 0.6) is 0 Å². The molecule has 2 saturated heterocycles. The average molecular weight is 490 g/mol. The number of carbonyl (C=O) groups is 3. The number of nitrogens with one attached hydrogen (secondary N) is 1. The summed E-state index contributed by atoms with van der Waals surface area (Å²) >= 11 is 5.93. The van der Waals surface area contributed by atoms with Crippen LogP contribution in [-0.2, 0) is 31.5 Å². The van der Waals surface area contributed by atoms with Crippen molar-refractivity contribution in [2.75, 3.05) is 18.1 Å². The lowest BCUT2D eigenvalue weighted by atomic mass is 9.92. The van der Waals surface area contributed by atoms with E-state index in [-0.39, 0.29) is 18.1 Å². The van der Waals surface area contributed by atoms with Crippen LogP contribution in [0.3, 0.4) is 0 Å². The normalized spacial score (nSPS) is 24.1. The van der Waals surface area contributed by atoms with Gasteiger partial charge in [0.15, 0.2) is 9.84 Å². The summed E-state index contributed by atoms with van der Waals surface area (Å²) in [7, 11) is -3.24.